The van der Waals surface area contributed by atoms with Crippen molar-refractivity contribution < 1.29 is 22.7 Å². The molecule has 3 aliphatic rings. The van der Waals surface area contributed by atoms with Gasteiger partial charge in [-0.2, -0.15) is 0 Å². The molecule has 4 aromatic carbocycles. The molecular formula is C31H25NO5S. The number of anilines is 1. The molecular weight excluding hydrogens is 498 g/mol. The molecule has 38 heavy (non-hydrogen) atoms. The molecule has 0 saturated carbocycles. The molecule has 6 nitrogen and oxygen atoms in total. The zero-order valence-corrected chi connectivity index (χ0v) is 21.5. The largest absolute Gasteiger partial charge is 0.464 e. The van der Waals surface area contributed by atoms with Crippen molar-refractivity contribution in [3.8, 4) is 0 Å². The Morgan fingerprint density at radius 2 is 1.45 bits per heavy atom. The predicted octanol–water partition coefficient (Wildman–Crippen LogP) is 5.03. The molecule has 190 valence electrons. The highest BCUT2D eigenvalue weighted by atomic mass is 32.2. The van der Waals surface area contributed by atoms with Crippen LogP contribution in [0.5, 0.6) is 0 Å². The van der Waals surface area contributed by atoms with E-state index < -0.39 is 39.2 Å². The van der Waals surface area contributed by atoms with Crippen molar-refractivity contribution in [2.75, 3.05) is 10.9 Å². The van der Waals surface area contributed by atoms with E-state index in [0.717, 1.165) is 22.3 Å². The second-order valence-corrected chi connectivity index (χ2v) is 11.9. The standard InChI is InChI=1S/C31H25NO5S/c1-21-16-18-24(19-17-21)38(34,35)32-26-15-9-8-14-25(26)30-20-36-29(33)31(30,23-12-6-3-7-13-23)27(37-28(30)32)22-10-4-2-5-11-22/h2-19,27-28H,20H2,1H3/t27-,28-,30-,31+/m1/s1. The van der Waals surface area contributed by atoms with Gasteiger partial charge in [0.25, 0.3) is 10.0 Å². The molecule has 4 atom stereocenters. The molecule has 0 bridgehead atoms. The molecule has 0 unspecified atom stereocenters. The summed E-state index contributed by atoms with van der Waals surface area (Å²) in [5, 5.41) is 0. The van der Waals surface area contributed by atoms with Gasteiger partial charge in [0.1, 0.15) is 23.5 Å². The van der Waals surface area contributed by atoms with Gasteiger partial charge in [-0.3, -0.25) is 4.79 Å². The first-order valence-corrected chi connectivity index (χ1v) is 14.0. The van der Waals surface area contributed by atoms with Crippen molar-refractivity contribution in [2.45, 2.75) is 35.0 Å². The molecule has 3 aliphatic heterocycles. The fraction of sp³-hybridized carbons (Fsp3) is 0.194. The number of ether oxygens (including phenoxy) is 2. The maximum atomic E-state index is 14.3. The van der Waals surface area contributed by atoms with Crippen molar-refractivity contribution in [3.05, 3.63) is 131 Å². The van der Waals surface area contributed by atoms with E-state index in [2.05, 4.69) is 0 Å². The summed E-state index contributed by atoms with van der Waals surface area (Å²) in [7, 11) is -4.06. The average molecular weight is 524 g/mol. The second-order valence-electron chi connectivity index (χ2n) is 10.1. The van der Waals surface area contributed by atoms with Crippen LogP contribution in [0.4, 0.5) is 5.69 Å². The van der Waals surface area contributed by atoms with Crippen molar-refractivity contribution in [1.29, 1.82) is 0 Å². The molecule has 1 spiro atoms. The van der Waals surface area contributed by atoms with E-state index in [9.17, 15) is 13.2 Å². The number of para-hydroxylation sites is 1. The Labute approximate surface area is 221 Å². The lowest BCUT2D eigenvalue weighted by Gasteiger charge is -2.37. The SMILES string of the molecule is Cc1ccc(S(=O)(=O)N2c3ccccc3[C@@]34COC(=O)[C@]3(c3ccccc3)[C@@H](c3ccccc3)O[C@@H]24)cc1. The van der Waals surface area contributed by atoms with Crippen LogP contribution in [0.15, 0.2) is 114 Å². The first-order chi connectivity index (χ1) is 18.4. The third-order valence-corrected chi connectivity index (χ3v) is 10.1. The molecule has 0 aliphatic carbocycles. The zero-order chi connectivity index (χ0) is 26.1. The number of benzene rings is 4. The number of hydrogen-bond acceptors (Lipinski definition) is 5. The molecule has 0 aromatic heterocycles. The lowest BCUT2D eigenvalue weighted by atomic mass is 9.57. The Kier molecular flexibility index (Phi) is 4.90. The molecule has 0 N–H and O–H groups in total. The number of sulfonamides is 1. The number of aryl methyl sites for hydroxylation is 1. The number of nitrogens with zero attached hydrogens (tertiary/aromatic N) is 1. The average Bonchev–Trinajstić information content (AvgIpc) is 3.52. The highest BCUT2D eigenvalue weighted by molar-refractivity contribution is 7.92. The molecule has 7 rings (SSSR count). The van der Waals surface area contributed by atoms with E-state index in [-0.39, 0.29) is 11.5 Å². The predicted molar refractivity (Wildman–Crippen MR) is 142 cm³/mol. The topological polar surface area (TPSA) is 72.9 Å². The van der Waals surface area contributed by atoms with E-state index in [1.54, 1.807) is 30.3 Å². The summed E-state index contributed by atoms with van der Waals surface area (Å²) in [6, 6.07) is 33.2. The number of fused-ring (bicyclic) bond motifs is 1. The van der Waals surface area contributed by atoms with Crippen LogP contribution in [0.25, 0.3) is 0 Å². The van der Waals surface area contributed by atoms with E-state index in [1.807, 2.05) is 85.8 Å². The number of rotatable bonds is 4. The third kappa shape index (κ3) is 2.75. The minimum Gasteiger partial charge on any atom is -0.464 e. The fourth-order valence-electron chi connectivity index (χ4n) is 6.65. The third-order valence-electron chi connectivity index (χ3n) is 8.28. The van der Waals surface area contributed by atoms with Gasteiger partial charge >= 0.3 is 5.97 Å². The first kappa shape index (κ1) is 23.2. The van der Waals surface area contributed by atoms with Crippen LogP contribution < -0.4 is 4.31 Å². The summed E-state index contributed by atoms with van der Waals surface area (Å²) < 4.78 is 42.8. The summed E-state index contributed by atoms with van der Waals surface area (Å²) >= 11 is 0. The summed E-state index contributed by atoms with van der Waals surface area (Å²) in [4.78, 5) is 14.3. The van der Waals surface area contributed by atoms with Crippen molar-refractivity contribution in [3.63, 3.8) is 0 Å². The van der Waals surface area contributed by atoms with Gasteiger partial charge in [0, 0.05) is 0 Å². The summed E-state index contributed by atoms with van der Waals surface area (Å²) in [6.45, 7) is 1.92. The Hall–Kier alpha value is -3.94. The Morgan fingerprint density at radius 3 is 2.16 bits per heavy atom. The van der Waals surface area contributed by atoms with Crippen molar-refractivity contribution >= 4 is 21.7 Å². The number of cyclic esters (lactones) is 1. The normalized spacial score (nSPS) is 27.5. The molecule has 0 radical (unpaired) electrons. The van der Waals surface area contributed by atoms with Crippen LogP contribution in [-0.2, 0) is 35.1 Å². The van der Waals surface area contributed by atoms with Gasteiger partial charge in [-0.15, -0.1) is 0 Å². The van der Waals surface area contributed by atoms with Crippen LogP contribution in [0.2, 0.25) is 0 Å². The molecule has 0 amide bonds. The van der Waals surface area contributed by atoms with Crippen LogP contribution in [0.1, 0.15) is 28.4 Å². The lowest BCUT2D eigenvalue weighted by Crippen LogP contribution is -2.54. The van der Waals surface area contributed by atoms with Gasteiger partial charge < -0.3 is 9.47 Å². The molecule has 4 aromatic rings. The van der Waals surface area contributed by atoms with Crippen LogP contribution >= 0.6 is 0 Å². The maximum absolute atomic E-state index is 14.3. The summed E-state index contributed by atoms with van der Waals surface area (Å²) in [6.07, 6.45) is -1.77. The van der Waals surface area contributed by atoms with E-state index in [4.69, 9.17) is 9.47 Å². The lowest BCUT2D eigenvalue weighted by molar-refractivity contribution is -0.147. The smallest absolute Gasteiger partial charge is 0.320 e. The number of carbonyl (C=O) groups excluding carboxylic acids is 1. The van der Waals surface area contributed by atoms with E-state index in [1.165, 1.54) is 4.31 Å². The minimum absolute atomic E-state index is 0.00561. The highest BCUT2D eigenvalue weighted by Gasteiger charge is 2.81. The van der Waals surface area contributed by atoms with Crippen LogP contribution in [0, 0.1) is 6.92 Å². The molecule has 7 heteroatoms. The van der Waals surface area contributed by atoms with Gasteiger partial charge in [0.2, 0.25) is 0 Å². The van der Waals surface area contributed by atoms with Crippen molar-refractivity contribution in [2.24, 2.45) is 0 Å². The number of hydrogen-bond donors (Lipinski definition) is 0. The summed E-state index contributed by atoms with van der Waals surface area (Å²) in [5.74, 6) is -0.413. The monoisotopic (exact) mass is 523 g/mol. The van der Waals surface area contributed by atoms with Gasteiger partial charge in [-0.05, 0) is 41.8 Å². The van der Waals surface area contributed by atoms with Crippen molar-refractivity contribution in [1.82, 2.24) is 0 Å². The molecule has 2 saturated heterocycles. The van der Waals surface area contributed by atoms with Gasteiger partial charge in [-0.25, -0.2) is 12.7 Å². The minimum atomic E-state index is -4.06. The van der Waals surface area contributed by atoms with Gasteiger partial charge in [-0.1, -0.05) is 96.6 Å². The highest BCUT2D eigenvalue weighted by Crippen LogP contribution is 2.69. The molecule has 2 fully saturated rings. The van der Waals surface area contributed by atoms with Crippen LogP contribution in [0.3, 0.4) is 0 Å². The van der Waals surface area contributed by atoms with E-state index in [0.29, 0.717) is 5.69 Å². The Bertz CT molecular complexity index is 1660. The Morgan fingerprint density at radius 1 is 0.816 bits per heavy atom. The second kappa shape index (κ2) is 8.03. The maximum Gasteiger partial charge on any atom is 0.320 e. The fourth-order valence-corrected chi connectivity index (χ4v) is 8.26. The number of esters is 1. The van der Waals surface area contributed by atoms with Crippen LogP contribution in [-0.4, -0.2) is 27.2 Å². The van der Waals surface area contributed by atoms with Gasteiger partial charge in [0.05, 0.1) is 10.6 Å². The quantitative estimate of drug-likeness (QED) is 0.351. The summed E-state index contributed by atoms with van der Waals surface area (Å²) in [5.41, 5.74) is 1.32. The molecule has 3 heterocycles. The van der Waals surface area contributed by atoms with E-state index >= 15 is 0 Å². The Balaban J connectivity index is 1.54. The van der Waals surface area contributed by atoms with Gasteiger partial charge in [0.15, 0.2) is 6.23 Å². The zero-order valence-electron chi connectivity index (χ0n) is 20.7. The first-order valence-electron chi connectivity index (χ1n) is 12.6. The number of carbonyl (C=O) groups is 1.